The van der Waals surface area contributed by atoms with E-state index in [9.17, 15) is 9.59 Å². The highest BCUT2D eigenvalue weighted by Gasteiger charge is 2.45. The Morgan fingerprint density at radius 2 is 2.04 bits per heavy atom. The van der Waals surface area contributed by atoms with Crippen LogP contribution in [0.2, 0.25) is 0 Å². The van der Waals surface area contributed by atoms with E-state index in [1.807, 2.05) is 25.1 Å². The Bertz CT molecular complexity index is 655. The van der Waals surface area contributed by atoms with Crippen molar-refractivity contribution >= 4 is 41.9 Å². The van der Waals surface area contributed by atoms with Crippen molar-refractivity contribution in [3.05, 3.63) is 30.1 Å². The molecule has 1 atom stereocenters. The minimum atomic E-state index is -0.770. The molecule has 1 aliphatic heterocycles. The molecule has 0 aromatic carbocycles. The smallest absolute Gasteiger partial charge is 0.325 e. The lowest BCUT2D eigenvalue weighted by Gasteiger charge is -2.19. The fourth-order valence-electron chi connectivity index (χ4n) is 2.71. The van der Waals surface area contributed by atoms with E-state index in [4.69, 9.17) is 0 Å². The van der Waals surface area contributed by atoms with Crippen molar-refractivity contribution in [3.63, 3.8) is 0 Å². The largest absolute Gasteiger partial charge is 0.356 e. The van der Waals surface area contributed by atoms with Crippen LogP contribution in [0.1, 0.15) is 32.4 Å². The zero-order valence-corrected chi connectivity index (χ0v) is 18.4. The molecule has 0 spiro atoms. The van der Waals surface area contributed by atoms with E-state index in [1.54, 1.807) is 20.2 Å². The van der Waals surface area contributed by atoms with E-state index < -0.39 is 5.54 Å². The molecule has 1 aliphatic rings. The van der Waals surface area contributed by atoms with Crippen molar-refractivity contribution in [2.24, 2.45) is 4.99 Å². The molecule has 1 saturated heterocycles. The van der Waals surface area contributed by atoms with Crippen molar-refractivity contribution in [1.82, 2.24) is 25.8 Å². The highest BCUT2D eigenvalue weighted by atomic mass is 127. The first-order chi connectivity index (χ1) is 12.5. The normalized spacial score (nSPS) is 19.5. The summed E-state index contributed by atoms with van der Waals surface area (Å²) in [6.45, 7) is 5.38. The number of hydrogen-bond acceptors (Lipinski definition) is 4. The van der Waals surface area contributed by atoms with Crippen LogP contribution < -0.4 is 16.0 Å². The number of nitrogens with zero attached hydrogens (tertiary/aromatic N) is 3. The second-order valence-electron chi connectivity index (χ2n) is 6.42. The number of hydrogen-bond donors (Lipinski definition) is 3. The highest BCUT2D eigenvalue weighted by Crippen LogP contribution is 2.20. The van der Waals surface area contributed by atoms with E-state index in [-0.39, 0.29) is 35.9 Å². The number of pyridine rings is 1. The number of halogens is 1. The zero-order valence-electron chi connectivity index (χ0n) is 16.1. The number of imide groups is 1. The summed E-state index contributed by atoms with van der Waals surface area (Å²) in [5, 5.41) is 9.18. The fraction of sp³-hybridized carbons (Fsp3) is 0.556. The van der Waals surface area contributed by atoms with Gasteiger partial charge in [0.1, 0.15) is 5.54 Å². The Morgan fingerprint density at radius 1 is 1.30 bits per heavy atom. The summed E-state index contributed by atoms with van der Waals surface area (Å²) < 4.78 is 0. The van der Waals surface area contributed by atoms with Gasteiger partial charge in [-0.05, 0) is 31.9 Å². The van der Waals surface area contributed by atoms with Gasteiger partial charge in [-0.2, -0.15) is 0 Å². The van der Waals surface area contributed by atoms with E-state index >= 15 is 0 Å². The Morgan fingerprint density at radius 3 is 2.63 bits per heavy atom. The van der Waals surface area contributed by atoms with Crippen LogP contribution in [-0.4, -0.2) is 60.0 Å². The van der Waals surface area contributed by atoms with Gasteiger partial charge in [-0.25, -0.2) is 4.79 Å². The predicted octanol–water partition coefficient (Wildman–Crippen LogP) is 1.52. The molecule has 1 unspecified atom stereocenters. The van der Waals surface area contributed by atoms with Crippen LogP contribution in [0, 0.1) is 0 Å². The predicted molar refractivity (Wildman–Crippen MR) is 116 cm³/mol. The monoisotopic (exact) mass is 488 g/mol. The molecule has 150 valence electrons. The van der Waals surface area contributed by atoms with E-state index in [1.165, 1.54) is 4.90 Å². The van der Waals surface area contributed by atoms with Gasteiger partial charge in [-0.1, -0.05) is 13.0 Å². The van der Waals surface area contributed by atoms with Crippen LogP contribution in [0.4, 0.5) is 4.79 Å². The van der Waals surface area contributed by atoms with E-state index in [0.717, 1.165) is 18.7 Å². The van der Waals surface area contributed by atoms with Gasteiger partial charge < -0.3 is 16.0 Å². The number of carbonyl (C=O) groups is 2. The van der Waals surface area contributed by atoms with Gasteiger partial charge in [-0.3, -0.25) is 19.7 Å². The Balaban J connectivity index is 0.00000364. The molecule has 27 heavy (non-hydrogen) atoms. The second kappa shape index (κ2) is 11.1. The van der Waals surface area contributed by atoms with E-state index in [2.05, 4.69) is 25.9 Å². The van der Waals surface area contributed by atoms with Crippen molar-refractivity contribution in [3.8, 4) is 0 Å². The molecular weight excluding hydrogens is 459 g/mol. The van der Waals surface area contributed by atoms with Gasteiger partial charge in [0.05, 0.1) is 0 Å². The summed E-state index contributed by atoms with van der Waals surface area (Å²) >= 11 is 0. The fourth-order valence-corrected chi connectivity index (χ4v) is 2.71. The quantitative estimate of drug-likeness (QED) is 0.170. The van der Waals surface area contributed by atoms with Gasteiger partial charge in [0.2, 0.25) is 0 Å². The van der Waals surface area contributed by atoms with Crippen LogP contribution in [-0.2, 0) is 11.2 Å². The first-order valence-electron chi connectivity index (χ1n) is 8.98. The molecule has 1 aromatic heterocycles. The number of urea groups is 1. The lowest BCUT2D eigenvalue weighted by molar-refractivity contribution is -0.130. The molecule has 9 heteroatoms. The third-order valence-electron chi connectivity index (χ3n) is 4.53. The standard InChI is InChI=1S/C18H28N6O2.HI/c1-4-18(2)15(25)24(17(26)23-18)13-7-11-21-16(19-3)22-12-9-14-8-5-6-10-20-14;/h5-6,8,10H,4,7,9,11-13H2,1-3H3,(H,23,26)(H2,19,21,22);1H. The molecule has 0 aliphatic carbocycles. The second-order valence-corrected chi connectivity index (χ2v) is 6.42. The lowest BCUT2D eigenvalue weighted by Crippen LogP contribution is -2.43. The maximum Gasteiger partial charge on any atom is 0.325 e. The molecule has 0 bridgehead atoms. The number of aliphatic imine (C=N–C) groups is 1. The number of carbonyl (C=O) groups excluding carboxylic acids is 2. The minimum Gasteiger partial charge on any atom is -0.356 e. The van der Waals surface area contributed by atoms with Crippen molar-refractivity contribution in [1.29, 1.82) is 0 Å². The molecular formula is C18H29IN6O2. The molecule has 1 aromatic rings. The van der Waals surface area contributed by atoms with Crippen LogP contribution in [0.5, 0.6) is 0 Å². The highest BCUT2D eigenvalue weighted by molar-refractivity contribution is 14.0. The Kier molecular flexibility index (Phi) is 9.47. The van der Waals surface area contributed by atoms with Crippen molar-refractivity contribution < 1.29 is 9.59 Å². The van der Waals surface area contributed by atoms with Crippen LogP contribution >= 0.6 is 24.0 Å². The summed E-state index contributed by atoms with van der Waals surface area (Å²) in [6.07, 6.45) is 3.82. The summed E-state index contributed by atoms with van der Waals surface area (Å²) in [5.74, 6) is 0.541. The Hall–Kier alpha value is -1.91. The van der Waals surface area contributed by atoms with Crippen LogP contribution in [0.25, 0.3) is 0 Å². The minimum absolute atomic E-state index is 0. The molecule has 2 heterocycles. The zero-order chi connectivity index (χ0) is 19.0. The van der Waals surface area contributed by atoms with E-state index in [0.29, 0.717) is 31.9 Å². The Labute approximate surface area is 177 Å². The average Bonchev–Trinajstić information content (AvgIpc) is 2.87. The number of rotatable bonds is 8. The number of guanidine groups is 1. The van der Waals surface area contributed by atoms with Crippen LogP contribution in [0.15, 0.2) is 29.4 Å². The van der Waals surface area contributed by atoms with Crippen molar-refractivity contribution in [2.45, 2.75) is 38.6 Å². The third kappa shape index (κ3) is 6.33. The first kappa shape index (κ1) is 23.1. The molecule has 2 rings (SSSR count). The SMILES string of the molecule is CCC1(C)NC(=O)N(CCCNC(=NC)NCCc2ccccn2)C1=O.I. The molecule has 3 N–H and O–H groups in total. The topological polar surface area (TPSA) is 98.7 Å². The summed E-state index contributed by atoms with van der Waals surface area (Å²) in [4.78, 5) is 34.0. The number of amides is 3. The molecule has 1 fully saturated rings. The third-order valence-corrected chi connectivity index (χ3v) is 4.53. The summed E-state index contributed by atoms with van der Waals surface area (Å²) in [7, 11) is 1.71. The van der Waals surface area contributed by atoms with Crippen molar-refractivity contribution in [2.75, 3.05) is 26.7 Å². The average molecular weight is 488 g/mol. The van der Waals surface area contributed by atoms with Gasteiger partial charge >= 0.3 is 6.03 Å². The molecule has 8 nitrogen and oxygen atoms in total. The van der Waals surface area contributed by atoms with Gasteiger partial charge in [0, 0.05) is 45.0 Å². The van der Waals surface area contributed by atoms with Gasteiger partial charge in [0.25, 0.3) is 5.91 Å². The molecule has 0 radical (unpaired) electrons. The van der Waals surface area contributed by atoms with Gasteiger partial charge in [0.15, 0.2) is 5.96 Å². The maximum atomic E-state index is 12.3. The lowest BCUT2D eigenvalue weighted by atomic mass is 9.99. The molecule has 3 amide bonds. The maximum absolute atomic E-state index is 12.3. The number of aromatic nitrogens is 1. The number of nitrogens with one attached hydrogen (secondary N) is 3. The summed E-state index contributed by atoms with van der Waals surface area (Å²) in [5.41, 5.74) is 0.251. The van der Waals surface area contributed by atoms with Gasteiger partial charge in [-0.15, -0.1) is 24.0 Å². The summed E-state index contributed by atoms with van der Waals surface area (Å²) in [6, 6.07) is 5.54. The van der Waals surface area contributed by atoms with Crippen LogP contribution in [0.3, 0.4) is 0 Å². The molecule has 0 saturated carbocycles. The first-order valence-corrected chi connectivity index (χ1v) is 8.98.